The monoisotopic (exact) mass is 558 g/mol. The second-order valence-electron chi connectivity index (χ2n) is 10.0. The molecule has 0 unspecified atom stereocenters. The Kier molecular flexibility index (Phi) is 7.32. The maximum atomic E-state index is 12.2. The zero-order valence-corrected chi connectivity index (χ0v) is 23.1. The lowest BCUT2D eigenvalue weighted by atomic mass is 10.1. The first-order valence-corrected chi connectivity index (χ1v) is 13.9. The summed E-state index contributed by atoms with van der Waals surface area (Å²) in [5.74, 6) is 1.52. The highest BCUT2D eigenvalue weighted by Crippen LogP contribution is 2.39. The van der Waals surface area contributed by atoms with Gasteiger partial charge < -0.3 is 24.7 Å². The second-order valence-corrected chi connectivity index (χ2v) is 10.4. The average Bonchev–Trinajstić information content (AvgIpc) is 3.61. The Bertz CT molecular complexity index is 1590. The van der Waals surface area contributed by atoms with Crippen molar-refractivity contribution in [2.24, 2.45) is 0 Å². The van der Waals surface area contributed by atoms with Gasteiger partial charge in [-0.3, -0.25) is 9.69 Å². The van der Waals surface area contributed by atoms with Gasteiger partial charge in [0, 0.05) is 29.4 Å². The summed E-state index contributed by atoms with van der Waals surface area (Å²) in [6, 6.07) is 9.74. The highest BCUT2D eigenvalue weighted by atomic mass is 35.5. The van der Waals surface area contributed by atoms with Crippen LogP contribution in [0.15, 0.2) is 55.4 Å². The summed E-state index contributed by atoms with van der Waals surface area (Å²) in [5.41, 5.74) is 4.76. The van der Waals surface area contributed by atoms with Crippen LogP contribution in [0.5, 0.6) is 11.5 Å². The van der Waals surface area contributed by atoms with E-state index >= 15 is 0 Å². The van der Waals surface area contributed by atoms with Crippen LogP contribution < -0.4 is 20.1 Å². The highest BCUT2D eigenvalue weighted by molar-refractivity contribution is 6.33. The van der Waals surface area contributed by atoms with Gasteiger partial charge >= 0.3 is 0 Å². The molecule has 2 aliphatic heterocycles. The minimum absolute atomic E-state index is 0.318. The molecule has 10 heteroatoms. The van der Waals surface area contributed by atoms with Gasteiger partial charge in [-0.2, -0.15) is 0 Å². The number of ether oxygens (including phenoxy) is 2. The lowest BCUT2D eigenvalue weighted by Gasteiger charge is -2.19. The van der Waals surface area contributed by atoms with Crippen molar-refractivity contribution in [1.82, 2.24) is 19.4 Å². The minimum atomic E-state index is -0.318. The standard InChI is InChI=1S/C30H31ClN6O3/c1-3-27(38)33-24-16-23(19(2)15-26(24)40-13-11-36-9-4-5-10-36)34-30-32-17-22(31)28(35-30)21-18-37-12-14-39-25-8-6-7-20(21)29(25)37/h3,6-8,15-18H,1,4-5,9-14H2,2H3,(H,33,38)(H,32,34,35). The predicted molar refractivity (Wildman–Crippen MR) is 158 cm³/mol. The van der Waals surface area contributed by atoms with Crippen LogP contribution in [0.1, 0.15) is 18.4 Å². The maximum absolute atomic E-state index is 12.2. The molecule has 0 spiro atoms. The summed E-state index contributed by atoms with van der Waals surface area (Å²) in [6.45, 7) is 10.5. The van der Waals surface area contributed by atoms with Crippen molar-refractivity contribution in [1.29, 1.82) is 0 Å². The van der Waals surface area contributed by atoms with Crippen molar-refractivity contribution in [3.63, 3.8) is 0 Å². The average molecular weight is 559 g/mol. The summed E-state index contributed by atoms with van der Waals surface area (Å²) in [5, 5.41) is 7.65. The van der Waals surface area contributed by atoms with E-state index in [0.29, 0.717) is 41.3 Å². The number of carbonyl (C=O) groups is 1. The molecular formula is C30H31ClN6O3. The number of hydrogen-bond donors (Lipinski definition) is 2. The fourth-order valence-electron chi connectivity index (χ4n) is 5.31. The smallest absolute Gasteiger partial charge is 0.247 e. The van der Waals surface area contributed by atoms with Crippen molar-refractivity contribution in [2.45, 2.75) is 26.3 Å². The van der Waals surface area contributed by atoms with E-state index in [9.17, 15) is 4.79 Å². The number of aryl methyl sites for hydroxylation is 1. The number of likely N-dealkylation sites (tertiary alicyclic amines) is 1. The summed E-state index contributed by atoms with van der Waals surface area (Å²) in [7, 11) is 0. The fraction of sp³-hybridized carbons (Fsp3) is 0.300. The molecule has 0 aliphatic carbocycles. The van der Waals surface area contributed by atoms with Crippen LogP contribution in [0.2, 0.25) is 5.02 Å². The van der Waals surface area contributed by atoms with Crippen LogP contribution in [0, 0.1) is 6.92 Å². The number of rotatable bonds is 9. The van der Waals surface area contributed by atoms with E-state index < -0.39 is 0 Å². The molecule has 6 rings (SSSR count). The Morgan fingerprint density at radius 1 is 1.23 bits per heavy atom. The Morgan fingerprint density at radius 2 is 2.08 bits per heavy atom. The van der Waals surface area contributed by atoms with Crippen molar-refractivity contribution < 1.29 is 14.3 Å². The quantitative estimate of drug-likeness (QED) is 0.251. The third-order valence-electron chi connectivity index (χ3n) is 7.33. The molecule has 1 amide bonds. The lowest BCUT2D eigenvalue weighted by Crippen LogP contribution is -2.25. The summed E-state index contributed by atoms with van der Waals surface area (Å²) < 4.78 is 14.1. The molecule has 40 heavy (non-hydrogen) atoms. The molecule has 2 aromatic carbocycles. The molecule has 1 fully saturated rings. The van der Waals surface area contributed by atoms with Crippen molar-refractivity contribution in [2.75, 3.05) is 43.5 Å². The van der Waals surface area contributed by atoms with E-state index in [0.717, 1.165) is 59.6 Å². The molecule has 2 aromatic heterocycles. The minimum Gasteiger partial charge on any atom is -0.490 e. The summed E-state index contributed by atoms with van der Waals surface area (Å²) in [4.78, 5) is 23.8. The molecule has 4 heterocycles. The molecule has 4 aromatic rings. The van der Waals surface area contributed by atoms with Crippen LogP contribution in [-0.2, 0) is 11.3 Å². The van der Waals surface area contributed by atoms with E-state index in [1.165, 1.54) is 18.9 Å². The van der Waals surface area contributed by atoms with E-state index in [-0.39, 0.29) is 5.91 Å². The van der Waals surface area contributed by atoms with Gasteiger partial charge in [-0.15, -0.1) is 0 Å². The molecule has 2 N–H and O–H groups in total. The number of amides is 1. The molecule has 0 radical (unpaired) electrons. The number of nitrogens with one attached hydrogen (secondary N) is 2. The van der Waals surface area contributed by atoms with Crippen LogP contribution >= 0.6 is 11.6 Å². The number of halogens is 1. The second kappa shape index (κ2) is 11.2. The van der Waals surface area contributed by atoms with Gasteiger partial charge in [-0.05, 0) is 62.7 Å². The van der Waals surface area contributed by atoms with Crippen LogP contribution in [0.3, 0.4) is 0 Å². The fourth-order valence-corrected chi connectivity index (χ4v) is 5.50. The number of benzene rings is 2. The number of para-hydroxylation sites is 1. The molecule has 0 bridgehead atoms. The first-order chi connectivity index (χ1) is 19.5. The molecule has 0 saturated carbocycles. The topological polar surface area (TPSA) is 93.5 Å². The molecule has 1 saturated heterocycles. The van der Waals surface area contributed by atoms with E-state index in [1.54, 1.807) is 6.20 Å². The molecular weight excluding hydrogens is 528 g/mol. The molecule has 206 valence electrons. The molecule has 0 atom stereocenters. The summed E-state index contributed by atoms with van der Waals surface area (Å²) in [6.07, 6.45) is 7.36. The Hall–Kier alpha value is -4.08. The lowest BCUT2D eigenvalue weighted by molar-refractivity contribution is -0.111. The SMILES string of the molecule is C=CC(=O)Nc1cc(Nc2ncc(Cl)c(-c3cn4c5c(cccc35)OCC4)n2)c(C)cc1OCCN1CCCC1. The first kappa shape index (κ1) is 26.2. The third-order valence-corrected chi connectivity index (χ3v) is 7.61. The predicted octanol–water partition coefficient (Wildman–Crippen LogP) is 5.80. The van der Waals surface area contributed by atoms with Gasteiger partial charge in [0.25, 0.3) is 0 Å². The maximum Gasteiger partial charge on any atom is 0.247 e. The zero-order chi connectivity index (χ0) is 27.6. The van der Waals surface area contributed by atoms with E-state index in [1.807, 2.05) is 37.3 Å². The normalized spacial score (nSPS) is 14.7. The van der Waals surface area contributed by atoms with Gasteiger partial charge in [-0.1, -0.05) is 30.3 Å². The van der Waals surface area contributed by atoms with Gasteiger partial charge in [0.05, 0.1) is 34.7 Å². The molecule has 2 aliphatic rings. The highest BCUT2D eigenvalue weighted by Gasteiger charge is 2.21. The summed E-state index contributed by atoms with van der Waals surface area (Å²) >= 11 is 6.62. The third kappa shape index (κ3) is 5.22. The van der Waals surface area contributed by atoms with Crippen molar-refractivity contribution in [3.05, 3.63) is 66.0 Å². The van der Waals surface area contributed by atoms with Gasteiger partial charge in [-0.25, -0.2) is 9.97 Å². The van der Waals surface area contributed by atoms with Gasteiger partial charge in [0.1, 0.15) is 24.7 Å². The number of aromatic nitrogens is 3. The number of nitrogens with zero attached hydrogens (tertiary/aromatic N) is 4. The van der Waals surface area contributed by atoms with E-state index in [4.69, 9.17) is 26.1 Å². The van der Waals surface area contributed by atoms with Crippen molar-refractivity contribution in [3.8, 4) is 22.8 Å². The van der Waals surface area contributed by atoms with E-state index in [2.05, 4.69) is 37.9 Å². The van der Waals surface area contributed by atoms with Crippen LogP contribution in [0.4, 0.5) is 17.3 Å². The number of hydrogen-bond acceptors (Lipinski definition) is 7. The Labute approximate surface area is 237 Å². The zero-order valence-electron chi connectivity index (χ0n) is 22.4. The number of anilines is 3. The first-order valence-electron chi connectivity index (χ1n) is 13.5. The Balaban J connectivity index is 1.29. The Morgan fingerprint density at radius 3 is 2.90 bits per heavy atom. The van der Waals surface area contributed by atoms with Crippen LogP contribution in [-0.4, -0.2) is 58.2 Å². The van der Waals surface area contributed by atoms with Gasteiger partial charge in [0.15, 0.2) is 0 Å². The van der Waals surface area contributed by atoms with Crippen molar-refractivity contribution >= 4 is 45.7 Å². The largest absolute Gasteiger partial charge is 0.490 e. The van der Waals surface area contributed by atoms with Crippen LogP contribution in [0.25, 0.3) is 22.2 Å². The molecule has 9 nitrogen and oxygen atoms in total. The van der Waals surface area contributed by atoms with Gasteiger partial charge in [0.2, 0.25) is 11.9 Å². The number of carbonyl (C=O) groups excluding carboxylic acids is 1.